The molecule has 112 valence electrons. The fraction of sp³-hybridized carbons (Fsp3) is 0.714. The molecule has 6 nitrogen and oxygen atoms in total. The molecule has 0 bridgehead atoms. The van der Waals surface area contributed by atoms with Crippen LogP contribution in [0, 0.1) is 0 Å². The fourth-order valence-corrected chi connectivity index (χ4v) is 2.73. The minimum absolute atomic E-state index is 0.278. The molecule has 0 spiro atoms. The lowest BCUT2D eigenvalue weighted by molar-refractivity contribution is 0.278. The van der Waals surface area contributed by atoms with E-state index in [1.54, 1.807) is 0 Å². The predicted molar refractivity (Wildman–Crippen MR) is 78.7 cm³/mol. The quantitative estimate of drug-likeness (QED) is 0.346. The fourth-order valence-electron chi connectivity index (χ4n) is 2.73. The molecule has 0 aromatic carbocycles. The summed E-state index contributed by atoms with van der Waals surface area (Å²) < 4.78 is 2.12. The normalized spacial score (nSPS) is 17.2. The number of nitrogens with two attached hydrogens (primary N) is 1. The van der Waals surface area contributed by atoms with Crippen LogP contribution in [0.3, 0.4) is 0 Å². The number of amidine groups is 1. The molecule has 1 aliphatic carbocycles. The average molecular weight is 279 g/mol. The second-order valence-electron chi connectivity index (χ2n) is 5.44. The molecule has 20 heavy (non-hydrogen) atoms. The molecule has 1 fully saturated rings. The van der Waals surface area contributed by atoms with E-state index in [0.29, 0.717) is 12.5 Å². The molecule has 0 saturated heterocycles. The topological polar surface area (TPSA) is 79.7 Å². The minimum Gasteiger partial charge on any atom is -0.409 e. The number of hydrogen-bond donors (Lipinski definition) is 2. The summed E-state index contributed by atoms with van der Waals surface area (Å²) in [6.07, 6.45) is 7.82. The highest BCUT2D eigenvalue weighted by Crippen LogP contribution is 2.28. The highest BCUT2D eigenvalue weighted by Gasteiger charge is 2.17. The third-order valence-electron chi connectivity index (χ3n) is 4.01. The van der Waals surface area contributed by atoms with Gasteiger partial charge in [-0.05, 0) is 25.5 Å². The lowest BCUT2D eigenvalue weighted by atomic mass is 10.3. The zero-order valence-electron chi connectivity index (χ0n) is 12.2. The second-order valence-corrected chi connectivity index (χ2v) is 5.44. The van der Waals surface area contributed by atoms with E-state index in [0.717, 1.165) is 25.3 Å². The van der Waals surface area contributed by atoms with Crippen molar-refractivity contribution in [3.8, 4) is 0 Å². The van der Waals surface area contributed by atoms with Gasteiger partial charge in [-0.25, -0.2) is 0 Å². The van der Waals surface area contributed by atoms with Crippen LogP contribution in [0.1, 0.15) is 50.8 Å². The zero-order valence-corrected chi connectivity index (χ0v) is 12.2. The van der Waals surface area contributed by atoms with Crippen LogP contribution in [0.5, 0.6) is 0 Å². The van der Waals surface area contributed by atoms with Gasteiger partial charge in [-0.2, -0.15) is 5.10 Å². The molecule has 0 atom stereocenters. The molecular formula is C14H25N5O. The monoisotopic (exact) mass is 279 g/mol. The van der Waals surface area contributed by atoms with Gasteiger partial charge in [-0.1, -0.05) is 24.9 Å². The maximum Gasteiger partial charge on any atom is 0.140 e. The van der Waals surface area contributed by atoms with Crippen molar-refractivity contribution >= 4 is 5.84 Å². The highest BCUT2D eigenvalue weighted by atomic mass is 16.4. The second kappa shape index (κ2) is 7.28. The van der Waals surface area contributed by atoms with E-state index >= 15 is 0 Å². The summed E-state index contributed by atoms with van der Waals surface area (Å²) in [6.45, 7) is 4.63. The summed E-state index contributed by atoms with van der Waals surface area (Å²) in [5, 5.41) is 16.3. The molecule has 1 aromatic heterocycles. The number of hydrogen-bond acceptors (Lipinski definition) is 4. The van der Waals surface area contributed by atoms with Gasteiger partial charge in [-0.3, -0.25) is 9.58 Å². The predicted octanol–water partition coefficient (Wildman–Crippen LogP) is 1.96. The third-order valence-corrected chi connectivity index (χ3v) is 4.01. The van der Waals surface area contributed by atoms with Gasteiger partial charge in [-0.15, -0.1) is 0 Å². The standard InChI is InChI=1S/C14H25N5O/c1-2-18(9-8-14(15)17-20)11-12-7-10-19(16-12)13-5-3-4-6-13/h7,10,13,20H,2-6,8-9,11H2,1H3,(H2,15,17). The van der Waals surface area contributed by atoms with Gasteiger partial charge in [0.05, 0.1) is 11.7 Å². The summed E-state index contributed by atoms with van der Waals surface area (Å²) >= 11 is 0. The Morgan fingerprint density at radius 3 is 2.95 bits per heavy atom. The first-order valence-electron chi connectivity index (χ1n) is 7.45. The Morgan fingerprint density at radius 2 is 2.30 bits per heavy atom. The van der Waals surface area contributed by atoms with Gasteiger partial charge in [0, 0.05) is 25.7 Å². The molecule has 0 amide bonds. The van der Waals surface area contributed by atoms with Crippen LogP contribution in [0.2, 0.25) is 0 Å². The van der Waals surface area contributed by atoms with Crippen LogP contribution < -0.4 is 5.73 Å². The van der Waals surface area contributed by atoms with Crippen molar-refractivity contribution in [1.29, 1.82) is 0 Å². The number of nitrogens with zero attached hydrogens (tertiary/aromatic N) is 4. The van der Waals surface area contributed by atoms with E-state index in [9.17, 15) is 0 Å². The third kappa shape index (κ3) is 3.96. The molecule has 0 unspecified atom stereocenters. The summed E-state index contributed by atoms with van der Waals surface area (Å²) in [7, 11) is 0. The van der Waals surface area contributed by atoms with Gasteiger partial charge < -0.3 is 10.9 Å². The first-order valence-corrected chi connectivity index (χ1v) is 7.45. The van der Waals surface area contributed by atoms with Gasteiger partial charge in [0.15, 0.2) is 0 Å². The number of oxime groups is 1. The lowest BCUT2D eigenvalue weighted by Gasteiger charge is -2.18. The summed E-state index contributed by atoms with van der Waals surface area (Å²) in [4.78, 5) is 2.25. The minimum atomic E-state index is 0.278. The van der Waals surface area contributed by atoms with Crippen molar-refractivity contribution in [1.82, 2.24) is 14.7 Å². The Balaban J connectivity index is 1.87. The molecule has 2 rings (SSSR count). The van der Waals surface area contributed by atoms with E-state index in [1.807, 2.05) is 0 Å². The van der Waals surface area contributed by atoms with Gasteiger partial charge in [0.25, 0.3) is 0 Å². The Bertz CT molecular complexity index is 437. The van der Waals surface area contributed by atoms with E-state index < -0.39 is 0 Å². The van der Waals surface area contributed by atoms with Crippen molar-refractivity contribution < 1.29 is 5.21 Å². The molecule has 3 N–H and O–H groups in total. The maximum atomic E-state index is 8.56. The first kappa shape index (κ1) is 14.8. The number of aromatic nitrogens is 2. The Morgan fingerprint density at radius 1 is 1.55 bits per heavy atom. The van der Waals surface area contributed by atoms with E-state index in [4.69, 9.17) is 16.0 Å². The highest BCUT2D eigenvalue weighted by molar-refractivity contribution is 5.79. The van der Waals surface area contributed by atoms with E-state index in [-0.39, 0.29) is 5.84 Å². The van der Waals surface area contributed by atoms with Crippen molar-refractivity contribution in [3.05, 3.63) is 18.0 Å². The molecule has 1 saturated carbocycles. The average Bonchev–Trinajstić information content (AvgIpc) is 3.13. The lowest BCUT2D eigenvalue weighted by Crippen LogP contribution is -2.28. The molecule has 0 radical (unpaired) electrons. The van der Waals surface area contributed by atoms with Crippen LogP contribution in [-0.2, 0) is 6.54 Å². The summed E-state index contributed by atoms with van der Waals surface area (Å²) in [5.74, 6) is 0.278. The van der Waals surface area contributed by atoms with E-state index in [2.05, 4.69) is 33.9 Å². The molecule has 6 heteroatoms. The largest absolute Gasteiger partial charge is 0.409 e. The van der Waals surface area contributed by atoms with Crippen LogP contribution in [0.4, 0.5) is 0 Å². The summed E-state index contributed by atoms with van der Waals surface area (Å²) in [6, 6.07) is 2.70. The smallest absolute Gasteiger partial charge is 0.140 e. The van der Waals surface area contributed by atoms with Gasteiger partial charge >= 0.3 is 0 Å². The Hall–Kier alpha value is -1.56. The maximum absolute atomic E-state index is 8.56. The van der Waals surface area contributed by atoms with Crippen LogP contribution >= 0.6 is 0 Å². The van der Waals surface area contributed by atoms with Crippen LogP contribution in [0.15, 0.2) is 17.4 Å². The molecule has 1 aliphatic rings. The summed E-state index contributed by atoms with van der Waals surface area (Å²) in [5.41, 5.74) is 6.61. The first-order chi connectivity index (χ1) is 9.72. The van der Waals surface area contributed by atoms with Crippen LogP contribution in [0.25, 0.3) is 0 Å². The van der Waals surface area contributed by atoms with Crippen molar-refractivity contribution in [2.45, 2.75) is 51.6 Å². The molecule has 0 aliphatic heterocycles. The zero-order chi connectivity index (χ0) is 14.4. The van der Waals surface area contributed by atoms with E-state index in [1.165, 1.54) is 25.7 Å². The SMILES string of the molecule is CCN(CCC(N)=NO)Cc1ccn(C2CCCC2)n1. The van der Waals surface area contributed by atoms with Crippen LogP contribution in [-0.4, -0.2) is 38.8 Å². The molecular weight excluding hydrogens is 254 g/mol. The molecule has 1 aromatic rings. The van der Waals surface area contributed by atoms with Gasteiger partial charge in [0.1, 0.15) is 5.84 Å². The molecule has 1 heterocycles. The van der Waals surface area contributed by atoms with Crippen molar-refractivity contribution in [2.75, 3.05) is 13.1 Å². The Kier molecular flexibility index (Phi) is 5.40. The van der Waals surface area contributed by atoms with Crippen molar-refractivity contribution in [2.24, 2.45) is 10.9 Å². The van der Waals surface area contributed by atoms with Crippen molar-refractivity contribution in [3.63, 3.8) is 0 Å². The Labute approximate surface area is 120 Å². The number of rotatable bonds is 7. The van der Waals surface area contributed by atoms with Gasteiger partial charge in [0.2, 0.25) is 0 Å².